The Kier molecular flexibility index (Phi) is 5.02. The highest BCUT2D eigenvalue weighted by Gasteiger charge is 2.15. The summed E-state index contributed by atoms with van der Waals surface area (Å²) in [4.78, 5) is 11.7. The van der Waals surface area contributed by atoms with Gasteiger partial charge in [-0.1, -0.05) is 44.5 Å². The molecule has 0 atom stereocenters. The number of benzene rings is 1. The lowest BCUT2D eigenvalue weighted by molar-refractivity contribution is -0.116. The van der Waals surface area contributed by atoms with Crippen LogP contribution in [0, 0.1) is 5.82 Å². The van der Waals surface area contributed by atoms with Crippen molar-refractivity contribution in [3.05, 3.63) is 34.6 Å². The molecule has 0 saturated heterocycles. The summed E-state index contributed by atoms with van der Waals surface area (Å²) in [6, 6.07) is 4.55. The second-order valence-corrected chi connectivity index (χ2v) is 7.01. The third-order valence-electron chi connectivity index (χ3n) is 2.09. The number of carbonyl (C=O) groups excluding carboxylic acids is 1. The summed E-state index contributed by atoms with van der Waals surface area (Å²) in [6.07, 6.45) is 0.194. The van der Waals surface area contributed by atoms with E-state index in [1.807, 2.05) is 0 Å². The minimum atomic E-state index is -0.472. The molecule has 0 aromatic heterocycles. The van der Waals surface area contributed by atoms with Gasteiger partial charge in [0.25, 0.3) is 0 Å². The molecule has 0 fully saturated rings. The molecule has 0 aliphatic heterocycles. The average Bonchev–Trinajstić information content (AvgIpc) is 2.21. The maximum Gasteiger partial charge on any atom is 0.147 e. The van der Waals surface area contributed by atoms with Crippen molar-refractivity contribution in [3.63, 3.8) is 0 Å². The highest BCUT2D eigenvalue weighted by molar-refractivity contribution is 8.01. The fourth-order valence-electron chi connectivity index (χ4n) is 1.25. The van der Waals surface area contributed by atoms with E-state index in [-0.39, 0.29) is 22.0 Å². The number of ketones is 1. The van der Waals surface area contributed by atoms with Crippen molar-refractivity contribution in [1.82, 2.24) is 0 Å². The first-order valence-electron chi connectivity index (χ1n) is 5.38. The molecule has 1 nitrogen and oxygen atoms in total. The highest BCUT2D eigenvalue weighted by Crippen LogP contribution is 2.25. The van der Waals surface area contributed by atoms with Crippen molar-refractivity contribution in [2.45, 2.75) is 31.9 Å². The van der Waals surface area contributed by atoms with E-state index in [9.17, 15) is 9.18 Å². The maximum atomic E-state index is 13.2. The van der Waals surface area contributed by atoms with Crippen LogP contribution in [0.3, 0.4) is 0 Å². The molecule has 1 aromatic rings. The topological polar surface area (TPSA) is 17.1 Å². The van der Waals surface area contributed by atoms with Crippen molar-refractivity contribution >= 4 is 29.1 Å². The lowest BCUT2D eigenvalue weighted by Gasteiger charge is -2.16. The van der Waals surface area contributed by atoms with Gasteiger partial charge in [0.1, 0.15) is 11.6 Å². The van der Waals surface area contributed by atoms with Crippen LogP contribution in [0.2, 0.25) is 5.02 Å². The normalized spacial score (nSPS) is 11.6. The molecule has 0 heterocycles. The van der Waals surface area contributed by atoms with E-state index in [0.717, 1.165) is 0 Å². The van der Waals surface area contributed by atoms with Crippen LogP contribution < -0.4 is 0 Å². The lowest BCUT2D eigenvalue weighted by Crippen LogP contribution is -2.14. The standard InChI is InChI=1S/C13H16ClFOS/c1-13(2,3)17-8-10(16)7-9-5-4-6-11(15)12(9)14/h4-6H,7-8H2,1-3H3. The molecule has 0 radical (unpaired) electrons. The molecule has 0 bridgehead atoms. The minimum absolute atomic E-state index is 0.0569. The predicted molar refractivity (Wildman–Crippen MR) is 72.3 cm³/mol. The van der Waals surface area contributed by atoms with Gasteiger partial charge >= 0.3 is 0 Å². The van der Waals surface area contributed by atoms with Crippen LogP contribution in [-0.2, 0) is 11.2 Å². The second kappa shape index (κ2) is 5.87. The summed E-state index contributed by atoms with van der Waals surface area (Å²) in [5, 5.41) is 0.0570. The maximum absolute atomic E-state index is 13.2. The van der Waals surface area contributed by atoms with Gasteiger partial charge in [0, 0.05) is 11.2 Å². The van der Waals surface area contributed by atoms with E-state index in [4.69, 9.17) is 11.6 Å². The van der Waals surface area contributed by atoms with Gasteiger partial charge in [-0.05, 0) is 11.6 Å². The van der Waals surface area contributed by atoms with E-state index >= 15 is 0 Å². The molecule has 0 unspecified atom stereocenters. The van der Waals surface area contributed by atoms with E-state index in [0.29, 0.717) is 11.3 Å². The summed E-state index contributed by atoms with van der Waals surface area (Å²) < 4.78 is 13.2. The minimum Gasteiger partial charge on any atom is -0.298 e. The second-order valence-electron chi connectivity index (χ2n) is 4.83. The van der Waals surface area contributed by atoms with Gasteiger partial charge in [-0.3, -0.25) is 4.79 Å². The third-order valence-corrected chi connectivity index (χ3v) is 3.84. The molecule has 0 N–H and O–H groups in total. The largest absolute Gasteiger partial charge is 0.298 e. The lowest BCUT2D eigenvalue weighted by atomic mass is 10.1. The quantitative estimate of drug-likeness (QED) is 0.821. The Labute approximate surface area is 111 Å². The zero-order valence-electron chi connectivity index (χ0n) is 10.2. The molecule has 17 heavy (non-hydrogen) atoms. The first-order valence-corrected chi connectivity index (χ1v) is 6.74. The molecule has 1 rings (SSSR count). The van der Waals surface area contributed by atoms with Crippen LogP contribution in [0.25, 0.3) is 0 Å². The Bertz CT molecular complexity index is 412. The van der Waals surface area contributed by atoms with E-state index in [1.54, 1.807) is 23.9 Å². The highest BCUT2D eigenvalue weighted by atomic mass is 35.5. The fraction of sp³-hybridized carbons (Fsp3) is 0.462. The third kappa shape index (κ3) is 5.09. The van der Waals surface area contributed by atoms with Crippen LogP contribution in [-0.4, -0.2) is 16.3 Å². The molecule has 94 valence electrons. The molecule has 1 aromatic carbocycles. The first-order chi connectivity index (χ1) is 7.79. The van der Waals surface area contributed by atoms with Gasteiger partial charge in [-0.2, -0.15) is 0 Å². The monoisotopic (exact) mass is 274 g/mol. The Morgan fingerprint density at radius 2 is 2.06 bits per heavy atom. The zero-order chi connectivity index (χ0) is 13.1. The Morgan fingerprint density at radius 3 is 2.65 bits per heavy atom. The predicted octanol–water partition coefficient (Wildman–Crippen LogP) is 4.12. The Balaban J connectivity index is 2.60. The Hall–Kier alpha value is -0.540. The van der Waals surface area contributed by atoms with Crippen molar-refractivity contribution < 1.29 is 9.18 Å². The van der Waals surface area contributed by atoms with E-state index in [2.05, 4.69) is 20.8 Å². The molecular formula is C13H16ClFOS. The number of hydrogen-bond donors (Lipinski definition) is 0. The van der Waals surface area contributed by atoms with Crippen LogP contribution in [0.15, 0.2) is 18.2 Å². The van der Waals surface area contributed by atoms with Gasteiger partial charge in [0.05, 0.1) is 10.8 Å². The summed E-state index contributed by atoms with van der Waals surface area (Å²) in [7, 11) is 0. The van der Waals surface area contributed by atoms with Gasteiger partial charge in [0.2, 0.25) is 0 Å². The first kappa shape index (κ1) is 14.5. The molecular weight excluding hydrogens is 259 g/mol. The smallest absolute Gasteiger partial charge is 0.147 e. The van der Waals surface area contributed by atoms with Gasteiger partial charge in [-0.15, -0.1) is 11.8 Å². The van der Waals surface area contributed by atoms with Crippen molar-refractivity contribution in [1.29, 1.82) is 0 Å². The van der Waals surface area contributed by atoms with Gasteiger partial charge < -0.3 is 0 Å². The van der Waals surface area contributed by atoms with Crippen molar-refractivity contribution in [2.24, 2.45) is 0 Å². The number of hydrogen-bond acceptors (Lipinski definition) is 2. The number of carbonyl (C=O) groups is 1. The number of Topliss-reactive ketones (excluding diaryl/α,β-unsaturated/α-hetero) is 1. The summed E-state index contributed by atoms with van der Waals surface area (Å²) in [6.45, 7) is 6.17. The van der Waals surface area contributed by atoms with Crippen molar-refractivity contribution in [3.8, 4) is 0 Å². The van der Waals surface area contributed by atoms with Crippen LogP contribution >= 0.6 is 23.4 Å². The van der Waals surface area contributed by atoms with Crippen LogP contribution in [0.5, 0.6) is 0 Å². The summed E-state index contributed by atoms with van der Waals surface area (Å²) >= 11 is 7.38. The fourth-order valence-corrected chi connectivity index (χ4v) is 2.13. The Morgan fingerprint density at radius 1 is 1.41 bits per heavy atom. The van der Waals surface area contributed by atoms with Gasteiger partial charge in [-0.25, -0.2) is 4.39 Å². The summed E-state index contributed by atoms with van der Waals surface area (Å²) in [5.41, 5.74) is 0.561. The number of rotatable bonds is 4. The number of halogens is 2. The SMILES string of the molecule is CC(C)(C)SCC(=O)Cc1cccc(F)c1Cl. The number of thioether (sulfide) groups is 1. The summed E-state index contributed by atoms with van der Waals surface area (Å²) in [5.74, 6) is 0.0222. The molecule has 0 spiro atoms. The molecule has 0 saturated carbocycles. The average molecular weight is 275 g/mol. The van der Waals surface area contributed by atoms with Crippen LogP contribution in [0.1, 0.15) is 26.3 Å². The van der Waals surface area contributed by atoms with E-state index in [1.165, 1.54) is 6.07 Å². The van der Waals surface area contributed by atoms with Gasteiger partial charge in [0.15, 0.2) is 0 Å². The molecule has 0 aliphatic rings. The zero-order valence-corrected chi connectivity index (χ0v) is 11.8. The van der Waals surface area contributed by atoms with Crippen molar-refractivity contribution in [2.75, 3.05) is 5.75 Å². The van der Waals surface area contributed by atoms with E-state index < -0.39 is 5.82 Å². The molecule has 0 amide bonds. The van der Waals surface area contributed by atoms with Crippen LogP contribution in [0.4, 0.5) is 4.39 Å². The molecule has 0 aliphatic carbocycles. The molecule has 4 heteroatoms.